The van der Waals surface area contributed by atoms with Crippen LogP contribution in [0, 0.1) is 0 Å². The van der Waals surface area contributed by atoms with E-state index in [1.54, 1.807) is 51.1 Å². The van der Waals surface area contributed by atoms with Gasteiger partial charge in [-0.2, -0.15) is 0 Å². The highest BCUT2D eigenvalue weighted by Gasteiger charge is 2.57. The molecule has 0 spiro atoms. The van der Waals surface area contributed by atoms with E-state index in [0.717, 1.165) is 16.8 Å². The number of rotatable bonds is 12. The molecule has 38 heavy (non-hydrogen) atoms. The van der Waals surface area contributed by atoms with E-state index < -0.39 is 54.3 Å². The molecule has 14 heteroatoms. The molecule has 3 rings (SSSR count). The quantitative estimate of drug-likeness (QED) is 0.141. The number of aliphatic hydroxyl groups is 3. The fraction of sp³-hybridized carbons (Fsp3) is 0.500. The first kappa shape index (κ1) is 30.4. The maximum absolute atomic E-state index is 12.4. The molecule has 1 aromatic heterocycles. The van der Waals surface area contributed by atoms with Gasteiger partial charge >= 0.3 is 12.3 Å². The van der Waals surface area contributed by atoms with E-state index in [4.69, 9.17) is 30.3 Å². The fourth-order valence-corrected chi connectivity index (χ4v) is 6.34. The third kappa shape index (κ3) is 6.87. The van der Waals surface area contributed by atoms with Gasteiger partial charge in [-0.3, -0.25) is 14.3 Å². The van der Waals surface area contributed by atoms with Crippen LogP contribution in [0.2, 0.25) is 0 Å². The number of H-pyrrole nitrogens is 1. The first-order valence-electron chi connectivity index (χ1n) is 11.9. The van der Waals surface area contributed by atoms with Crippen LogP contribution in [0.25, 0.3) is 0 Å². The highest BCUT2D eigenvalue weighted by molar-refractivity contribution is 8.09. The van der Waals surface area contributed by atoms with E-state index >= 15 is 0 Å². The van der Waals surface area contributed by atoms with Gasteiger partial charge in [0.25, 0.3) is 5.56 Å². The van der Waals surface area contributed by atoms with E-state index in [0.29, 0.717) is 5.75 Å². The number of aromatic nitrogens is 2. The number of para-hydroxylation sites is 1. The number of aliphatic hydroxyl groups excluding tert-OH is 2. The highest BCUT2D eigenvalue weighted by Crippen LogP contribution is 2.48. The second-order valence-corrected chi connectivity index (χ2v) is 12.4. The van der Waals surface area contributed by atoms with Crippen LogP contribution in [-0.4, -0.2) is 67.7 Å². The molecule has 2 heterocycles. The third-order valence-corrected chi connectivity index (χ3v) is 8.37. The number of benzene rings is 1. The van der Waals surface area contributed by atoms with Gasteiger partial charge in [-0.1, -0.05) is 24.8 Å². The first-order chi connectivity index (χ1) is 17.8. The molecule has 0 amide bonds. The Morgan fingerprint density at radius 2 is 1.95 bits per heavy atom. The summed E-state index contributed by atoms with van der Waals surface area (Å²) in [4.78, 5) is 26.0. The van der Waals surface area contributed by atoms with Gasteiger partial charge in [0, 0.05) is 12.3 Å². The summed E-state index contributed by atoms with van der Waals surface area (Å²) in [5.74, 6) is 0.402. The lowest BCUT2D eigenvalue weighted by Crippen LogP contribution is -2.50. The lowest BCUT2D eigenvalue weighted by molar-refractivity contribution is -0.137. The predicted molar refractivity (Wildman–Crippen MR) is 143 cm³/mol. The standard InChI is InChI=1S/C24H34N3O9PS/c1-14(2)24(32)20(29)18(35-22(24)27-12-11-19(28)25-23(27)31)13-33-37(38,36-17-9-7-6-8-10-17)26-16(5)21(30)34-15(3)4/h6-12,15-16,18,20-22,29-30,32H,1,13H2,2-5H3,(H,26,38)(H,25,28,31)/t16-,18+,20+,21?,22+,24+,37?/m0/s1. The van der Waals surface area contributed by atoms with E-state index in [2.05, 4.69) is 16.7 Å². The van der Waals surface area contributed by atoms with E-state index in [1.165, 1.54) is 6.92 Å². The minimum Gasteiger partial charge on any atom is -0.433 e. The summed E-state index contributed by atoms with van der Waals surface area (Å²) < 4.78 is 24.2. The maximum Gasteiger partial charge on any atom is 0.330 e. The summed E-state index contributed by atoms with van der Waals surface area (Å²) in [6.07, 6.45) is -4.52. The summed E-state index contributed by atoms with van der Waals surface area (Å²) in [7, 11) is 0. The molecule has 1 saturated heterocycles. The second-order valence-electron chi connectivity index (χ2n) is 9.29. The first-order valence-corrected chi connectivity index (χ1v) is 14.5. The molecule has 210 valence electrons. The summed E-state index contributed by atoms with van der Waals surface area (Å²) >= 11 is 5.71. The van der Waals surface area contributed by atoms with Gasteiger partial charge in [0.1, 0.15) is 18.0 Å². The molecule has 1 aliphatic heterocycles. The number of nitrogens with zero attached hydrogens (tertiary/aromatic N) is 1. The normalized spacial score (nSPS) is 26.6. The Morgan fingerprint density at radius 3 is 2.53 bits per heavy atom. The Hall–Kier alpha value is -2.19. The topological polar surface area (TPSA) is 164 Å². The van der Waals surface area contributed by atoms with Crippen molar-refractivity contribution in [3.63, 3.8) is 0 Å². The minimum absolute atomic E-state index is 0.122. The van der Waals surface area contributed by atoms with Gasteiger partial charge < -0.3 is 33.8 Å². The van der Waals surface area contributed by atoms with Gasteiger partial charge in [0.2, 0.25) is 0 Å². The zero-order chi connectivity index (χ0) is 28.3. The summed E-state index contributed by atoms with van der Waals surface area (Å²) in [5.41, 5.74) is -3.45. The van der Waals surface area contributed by atoms with Crippen molar-refractivity contribution in [3.05, 3.63) is 75.6 Å². The molecular formula is C24H34N3O9PS. The van der Waals surface area contributed by atoms with Gasteiger partial charge in [-0.25, -0.2) is 9.88 Å². The van der Waals surface area contributed by atoms with Crippen molar-refractivity contribution < 1.29 is 33.8 Å². The maximum atomic E-state index is 12.4. The largest absolute Gasteiger partial charge is 0.433 e. The van der Waals surface area contributed by atoms with Gasteiger partial charge in [0.15, 0.2) is 18.1 Å². The van der Waals surface area contributed by atoms with Crippen LogP contribution < -0.4 is 20.9 Å². The molecule has 1 aliphatic rings. The zero-order valence-corrected chi connectivity index (χ0v) is 23.2. The smallest absolute Gasteiger partial charge is 0.330 e. The SMILES string of the molecule is C=C(C)[C@@]1(O)[C@H](O)[C@@H](COP(=S)(N[C@@H](C)C(O)OC(C)C)Oc2ccccc2)O[C@H]1n1ccc(=O)[nH]c1=O. The lowest BCUT2D eigenvalue weighted by atomic mass is 9.87. The Bertz CT molecular complexity index is 1270. The summed E-state index contributed by atoms with van der Waals surface area (Å²) in [5, 5.41) is 35.8. The van der Waals surface area contributed by atoms with Crippen molar-refractivity contribution in [2.24, 2.45) is 0 Å². The van der Waals surface area contributed by atoms with E-state index in [1.807, 2.05) is 0 Å². The average molecular weight is 572 g/mol. The molecule has 2 unspecified atom stereocenters. The van der Waals surface area contributed by atoms with Crippen LogP contribution >= 0.6 is 6.64 Å². The van der Waals surface area contributed by atoms with Crippen molar-refractivity contribution in [1.82, 2.24) is 14.6 Å². The molecule has 1 aromatic carbocycles. The van der Waals surface area contributed by atoms with Gasteiger partial charge in [-0.15, -0.1) is 0 Å². The molecule has 7 atom stereocenters. The fourth-order valence-electron chi connectivity index (χ4n) is 3.85. The molecule has 0 saturated carbocycles. The number of nitrogens with one attached hydrogen (secondary N) is 2. The van der Waals surface area contributed by atoms with Crippen molar-refractivity contribution in [2.75, 3.05) is 6.61 Å². The summed E-state index contributed by atoms with van der Waals surface area (Å²) in [6.45, 7) is 6.64. The monoisotopic (exact) mass is 571 g/mol. The zero-order valence-electron chi connectivity index (χ0n) is 21.5. The molecule has 5 N–H and O–H groups in total. The molecule has 0 radical (unpaired) electrons. The number of aromatic amines is 1. The molecule has 0 bridgehead atoms. The van der Waals surface area contributed by atoms with Crippen molar-refractivity contribution in [1.29, 1.82) is 0 Å². The van der Waals surface area contributed by atoms with Crippen molar-refractivity contribution in [3.8, 4) is 5.75 Å². The third-order valence-electron chi connectivity index (χ3n) is 5.85. The Labute approximate surface area is 225 Å². The van der Waals surface area contributed by atoms with Crippen LogP contribution in [0.15, 0.2) is 64.3 Å². The number of hydrogen-bond donors (Lipinski definition) is 5. The van der Waals surface area contributed by atoms with Crippen molar-refractivity contribution in [2.45, 2.75) is 70.2 Å². The van der Waals surface area contributed by atoms with Crippen LogP contribution in [0.4, 0.5) is 0 Å². The molecular weight excluding hydrogens is 537 g/mol. The lowest BCUT2D eigenvalue weighted by Gasteiger charge is -2.32. The van der Waals surface area contributed by atoms with Crippen LogP contribution in [-0.2, 0) is 25.8 Å². The molecule has 1 fully saturated rings. The Morgan fingerprint density at radius 1 is 1.29 bits per heavy atom. The Kier molecular flexibility index (Phi) is 9.85. The second kappa shape index (κ2) is 12.3. The average Bonchev–Trinajstić information content (AvgIpc) is 3.09. The van der Waals surface area contributed by atoms with E-state index in [9.17, 15) is 24.9 Å². The molecule has 0 aliphatic carbocycles. The minimum atomic E-state index is -3.41. The molecule has 12 nitrogen and oxygen atoms in total. The summed E-state index contributed by atoms with van der Waals surface area (Å²) in [6, 6.07) is 9.03. The number of hydrogen-bond acceptors (Lipinski definition) is 10. The molecule has 2 aromatic rings. The predicted octanol–water partition coefficient (Wildman–Crippen LogP) is 1.14. The Balaban J connectivity index is 1.86. The number of ether oxygens (including phenoxy) is 2. The highest BCUT2D eigenvalue weighted by atomic mass is 32.5. The van der Waals surface area contributed by atoms with Crippen LogP contribution in [0.3, 0.4) is 0 Å². The van der Waals surface area contributed by atoms with Crippen molar-refractivity contribution >= 4 is 18.4 Å². The van der Waals surface area contributed by atoms with Gasteiger partial charge in [-0.05, 0) is 57.2 Å². The van der Waals surface area contributed by atoms with Crippen LogP contribution in [0.1, 0.15) is 33.9 Å². The van der Waals surface area contributed by atoms with Crippen LogP contribution in [0.5, 0.6) is 5.75 Å². The van der Waals surface area contributed by atoms with Gasteiger partial charge in [0.05, 0.1) is 18.8 Å². The van der Waals surface area contributed by atoms with E-state index in [-0.39, 0.29) is 18.3 Å².